The fraction of sp³-hybridized carbons (Fsp3) is 0.125. The van der Waals surface area contributed by atoms with E-state index in [2.05, 4.69) is 10.2 Å². The fourth-order valence-electron chi connectivity index (χ4n) is 0.685. The van der Waals surface area contributed by atoms with E-state index in [0.29, 0.717) is 11.6 Å². The average Bonchev–Trinajstić information content (AvgIpc) is 2.15. The zero-order valence-corrected chi connectivity index (χ0v) is 6.97. The first kappa shape index (κ1) is 9.18. The molecule has 0 aliphatic carbocycles. The summed E-state index contributed by atoms with van der Waals surface area (Å²) in [4.78, 5) is 10.1. The minimum Gasteiger partial charge on any atom is -0.480 e. The van der Waals surface area contributed by atoms with Gasteiger partial charge < -0.3 is 9.84 Å². The summed E-state index contributed by atoms with van der Waals surface area (Å²) in [5.74, 6) is -0.620. The normalized spacial score (nSPS) is 10.2. The first-order valence-electron chi connectivity index (χ1n) is 3.51. The summed E-state index contributed by atoms with van der Waals surface area (Å²) in [5.41, 5.74) is 0.475. The first-order valence-corrected chi connectivity index (χ1v) is 3.51. The molecule has 0 saturated carbocycles. The molecule has 1 aromatic heterocycles. The van der Waals surface area contributed by atoms with Gasteiger partial charge in [0.15, 0.2) is 0 Å². The third-order valence-electron chi connectivity index (χ3n) is 1.27. The first-order chi connectivity index (χ1) is 6.22. The fourth-order valence-corrected chi connectivity index (χ4v) is 0.685. The molecule has 0 amide bonds. The highest BCUT2D eigenvalue weighted by molar-refractivity contribution is 5.84. The van der Waals surface area contributed by atoms with Crippen LogP contribution in [0.3, 0.4) is 0 Å². The number of carbonyl (C=O) groups is 1. The van der Waals surface area contributed by atoms with E-state index in [1.165, 1.54) is 13.2 Å². The van der Waals surface area contributed by atoms with Gasteiger partial charge in [-0.2, -0.15) is 0 Å². The van der Waals surface area contributed by atoms with E-state index < -0.39 is 5.97 Å². The van der Waals surface area contributed by atoms with Crippen LogP contribution in [0.1, 0.15) is 5.69 Å². The van der Waals surface area contributed by atoms with Crippen LogP contribution in [0.5, 0.6) is 5.88 Å². The van der Waals surface area contributed by atoms with Gasteiger partial charge in [0.05, 0.1) is 12.8 Å². The van der Waals surface area contributed by atoms with Gasteiger partial charge in [-0.05, 0) is 12.1 Å². The van der Waals surface area contributed by atoms with E-state index in [1.54, 1.807) is 12.1 Å². The van der Waals surface area contributed by atoms with Gasteiger partial charge in [-0.3, -0.25) is 0 Å². The molecule has 1 rings (SSSR count). The summed E-state index contributed by atoms with van der Waals surface area (Å²) in [6, 6.07) is 3.22. The summed E-state index contributed by atoms with van der Waals surface area (Å²) in [7, 11) is 1.48. The van der Waals surface area contributed by atoms with Crippen LogP contribution in [0.2, 0.25) is 0 Å². The molecule has 5 nitrogen and oxygen atoms in total. The summed E-state index contributed by atoms with van der Waals surface area (Å²) in [5, 5.41) is 15.7. The van der Waals surface area contributed by atoms with Gasteiger partial charge in [0.25, 0.3) is 0 Å². The predicted octanol–water partition coefficient (Wildman–Crippen LogP) is 0.583. The van der Waals surface area contributed by atoms with Crippen molar-refractivity contribution in [2.24, 2.45) is 0 Å². The van der Waals surface area contributed by atoms with Crippen molar-refractivity contribution in [2.45, 2.75) is 0 Å². The van der Waals surface area contributed by atoms with Gasteiger partial charge in [-0.1, -0.05) is 0 Å². The third-order valence-corrected chi connectivity index (χ3v) is 1.27. The van der Waals surface area contributed by atoms with Crippen LogP contribution in [0, 0.1) is 0 Å². The Morgan fingerprint density at radius 3 is 2.77 bits per heavy atom. The maximum atomic E-state index is 10.1. The van der Waals surface area contributed by atoms with Crippen LogP contribution >= 0.6 is 0 Å². The Balaban J connectivity index is 2.75. The summed E-state index contributed by atoms with van der Waals surface area (Å²) < 4.78 is 4.78. The minimum atomic E-state index is -1.02. The molecule has 0 saturated heterocycles. The zero-order chi connectivity index (χ0) is 9.68. The second kappa shape index (κ2) is 4.20. The maximum Gasteiger partial charge on any atom is 0.328 e. The van der Waals surface area contributed by atoms with Gasteiger partial charge in [0.1, 0.15) is 0 Å². The largest absolute Gasteiger partial charge is 0.480 e. The molecule has 0 atom stereocenters. The standard InChI is InChI=1S/C8H8N2O3/c1-13-7-4-2-6(9-10-7)3-5-8(11)12/h2-5H,1H3,(H,11,12)/b5-3+. The molecule has 68 valence electrons. The molecular weight excluding hydrogens is 172 g/mol. The molecule has 0 fully saturated rings. The number of hydrogen-bond donors (Lipinski definition) is 1. The van der Waals surface area contributed by atoms with Crippen molar-refractivity contribution in [1.82, 2.24) is 10.2 Å². The van der Waals surface area contributed by atoms with Gasteiger partial charge >= 0.3 is 5.97 Å². The summed E-state index contributed by atoms with van der Waals surface area (Å²) in [6.07, 6.45) is 2.35. The molecule has 1 aromatic rings. The quantitative estimate of drug-likeness (QED) is 0.689. The van der Waals surface area contributed by atoms with Gasteiger partial charge in [0.2, 0.25) is 5.88 Å². The van der Waals surface area contributed by atoms with E-state index in [4.69, 9.17) is 9.84 Å². The smallest absolute Gasteiger partial charge is 0.328 e. The van der Waals surface area contributed by atoms with Crippen LogP contribution in [-0.2, 0) is 4.79 Å². The number of ether oxygens (including phenoxy) is 1. The Hall–Kier alpha value is -1.91. The zero-order valence-electron chi connectivity index (χ0n) is 6.97. The molecule has 5 heteroatoms. The van der Waals surface area contributed by atoms with Crippen LogP contribution in [0.4, 0.5) is 0 Å². The average molecular weight is 180 g/mol. The Morgan fingerprint density at radius 1 is 1.54 bits per heavy atom. The number of carboxylic acid groups (broad SMARTS) is 1. The Morgan fingerprint density at radius 2 is 2.31 bits per heavy atom. The molecule has 13 heavy (non-hydrogen) atoms. The van der Waals surface area contributed by atoms with Gasteiger partial charge in [-0.25, -0.2) is 4.79 Å². The van der Waals surface area contributed by atoms with E-state index in [0.717, 1.165) is 6.08 Å². The van der Waals surface area contributed by atoms with Crippen molar-refractivity contribution in [3.63, 3.8) is 0 Å². The predicted molar refractivity (Wildman–Crippen MR) is 45.3 cm³/mol. The Bertz CT molecular complexity index is 319. The van der Waals surface area contributed by atoms with E-state index in [1.807, 2.05) is 0 Å². The number of methoxy groups -OCH3 is 1. The number of hydrogen-bond acceptors (Lipinski definition) is 4. The minimum absolute atomic E-state index is 0.396. The van der Waals surface area contributed by atoms with Crippen molar-refractivity contribution in [3.05, 3.63) is 23.9 Å². The number of rotatable bonds is 3. The molecule has 0 aromatic carbocycles. The lowest BCUT2D eigenvalue weighted by atomic mass is 10.3. The molecule has 0 aliphatic rings. The maximum absolute atomic E-state index is 10.1. The number of carboxylic acids is 1. The molecule has 0 unspecified atom stereocenters. The van der Waals surface area contributed by atoms with E-state index in [9.17, 15) is 4.79 Å². The number of aromatic nitrogens is 2. The molecule has 0 aliphatic heterocycles. The SMILES string of the molecule is COc1ccc(/C=C/C(=O)O)nn1. The van der Waals surface area contributed by atoms with Crippen molar-refractivity contribution >= 4 is 12.0 Å². The lowest BCUT2D eigenvalue weighted by molar-refractivity contribution is -0.131. The monoisotopic (exact) mass is 180 g/mol. The highest BCUT2D eigenvalue weighted by Crippen LogP contribution is 2.04. The molecule has 1 heterocycles. The van der Waals surface area contributed by atoms with Crippen LogP contribution in [0.25, 0.3) is 6.08 Å². The highest BCUT2D eigenvalue weighted by Gasteiger charge is 1.93. The summed E-state index contributed by atoms with van der Waals surface area (Å²) >= 11 is 0. The van der Waals surface area contributed by atoms with Crippen molar-refractivity contribution in [2.75, 3.05) is 7.11 Å². The van der Waals surface area contributed by atoms with E-state index >= 15 is 0 Å². The Labute approximate surface area is 74.7 Å². The second-order valence-electron chi connectivity index (χ2n) is 2.17. The van der Waals surface area contributed by atoms with Crippen molar-refractivity contribution in [3.8, 4) is 5.88 Å². The van der Waals surface area contributed by atoms with Crippen molar-refractivity contribution < 1.29 is 14.6 Å². The second-order valence-corrected chi connectivity index (χ2v) is 2.17. The topological polar surface area (TPSA) is 72.3 Å². The molecule has 0 bridgehead atoms. The van der Waals surface area contributed by atoms with E-state index in [-0.39, 0.29) is 0 Å². The number of aliphatic carboxylic acids is 1. The van der Waals surface area contributed by atoms with Crippen LogP contribution < -0.4 is 4.74 Å². The Kier molecular flexibility index (Phi) is 2.97. The van der Waals surface area contributed by atoms with Crippen molar-refractivity contribution in [1.29, 1.82) is 0 Å². The van der Waals surface area contributed by atoms with Gasteiger partial charge in [-0.15, -0.1) is 10.2 Å². The lowest BCUT2D eigenvalue weighted by Gasteiger charge is -1.95. The summed E-state index contributed by atoms with van der Waals surface area (Å²) in [6.45, 7) is 0. The van der Waals surface area contributed by atoms with Gasteiger partial charge in [0, 0.05) is 12.1 Å². The molecule has 0 spiro atoms. The third kappa shape index (κ3) is 2.90. The molecular formula is C8H8N2O3. The highest BCUT2D eigenvalue weighted by atomic mass is 16.5. The van der Waals surface area contributed by atoms with Crippen LogP contribution in [0.15, 0.2) is 18.2 Å². The molecule has 0 radical (unpaired) electrons. The number of nitrogens with zero attached hydrogens (tertiary/aromatic N) is 2. The lowest BCUT2D eigenvalue weighted by Crippen LogP contribution is -1.92. The molecule has 1 N–H and O–H groups in total. The van der Waals surface area contributed by atoms with Crippen LogP contribution in [-0.4, -0.2) is 28.4 Å².